The SMILES string of the molecule is CCCCCCCCCCCCCCSc1nccc(=O)[nH]1. The first kappa shape index (κ1) is 19.3. The van der Waals surface area contributed by atoms with Gasteiger partial charge in [0.25, 0.3) is 5.56 Å². The molecule has 0 aliphatic heterocycles. The summed E-state index contributed by atoms with van der Waals surface area (Å²) in [6.07, 6.45) is 18.1. The molecule has 0 radical (unpaired) electrons. The minimum Gasteiger partial charge on any atom is -0.301 e. The molecule has 0 bridgehead atoms. The fraction of sp³-hybridized carbons (Fsp3) is 0.778. The van der Waals surface area contributed by atoms with E-state index in [1.54, 1.807) is 18.0 Å². The summed E-state index contributed by atoms with van der Waals surface area (Å²) in [6.45, 7) is 2.27. The maximum Gasteiger partial charge on any atom is 0.251 e. The standard InChI is InChI=1S/C18H32N2OS/c1-2-3-4-5-6-7-8-9-10-11-12-13-16-22-18-19-15-14-17(21)20-18/h14-15H,2-13,16H2,1H3,(H,19,20,21). The van der Waals surface area contributed by atoms with E-state index < -0.39 is 0 Å². The summed E-state index contributed by atoms with van der Waals surface area (Å²) in [5, 5.41) is 0.746. The molecular formula is C18H32N2OS. The van der Waals surface area contributed by atoms with Crippen molar-refractivity contribution in [3.8, 4) is 0 Å². The van der Waals surface area contributed by atoms with Crippen LogP contribution in [0.1, 0.15) is 84.0 Å². The normalized spacial score (nSPS) is 11.0. The highest BCUT2D eigenvalue weighted by atomic mass is 32.2. The van der Waals surface area contributed by atoms with Crippen molar-refractivity contribution in [2.24, 2.45) is 0 Å². The van der Waals surface area contributed by atoms with Crippen LogP contribution < -0.4 is 5.56 Å². The van der Waals surface area contributed by atoms with Gasteiger partial charge in [0.05, 0.1) is 0 Å². The molecule has 0 atom stereocenters. The van der Waals surface area contributed by atoms with Gasteiger partial charge in [0.2, 0.25) is 0 Å². The molecule has 1 heterocycles. The van der Waals surface area contributed by atoms with Crippen molar-refractivity contribution in [2.75, 3.05) is 5.75 Å². The number of rotatable bonds is 14. The average molecular weight is 325 g/mol. The number of hydrogen-bond acceptors (Lipinski definition) is 3. The van der Waals surface area contributed by atoms with Crippen molar-refractivity contribution < 1.29 is 0 Å². The van der Waals surface area contributed by atoms with Gasteiger partial charge in [-0.25, -0.2) is 4.98 Å². The van der Waals surface area contributed by atoms with Gasteiger partial charge < -0.3 is 4.98 Å². The summed E-state index contributed by atoms with van der Waals surface area (Å²) in [5.74, 6) is 1.05. The fourth-order valence-electron chi connectivity index (χ4n) is 2.54. The summed E-state index contributed by atoms with van der Waals surface area (Å²) in [7, 11) is 0. The summed E-state index contributed by atoms with van der Waals surface area (Å²) in [4.78, 5) is 18.0. The van der Waals surface area contributed by atoms with Crippen molar-refractivity contribution in [1.29, 1.82) is 0 Å². The van der Waals surface area contributed by atoms with E-state index in [9.17, 15) is 4.79 Å². The van der Waals surface area contributed by atoms with Crippen LogP contribution in [-0.4, -0.2) is 15.7 Å². The Hall–Kier alpha value is -0.770. The Morgan fingerprint density at radius 3 is 2.00 bits per heavy atom. The third-order valence-electron chi connectivity index (χ3n) is 3.88. The molecular weight excluding hydrogens is 292 g/mol. The Labute approximate surface area is 139 Å². The van der Waals surface area contributed by atoms with Crippen molar-refractivity contribution in [2.45, 2.75) is 89.1 Å². The minimum absolute atomic E-state index is 0.0628. The smallest absolute Gasteiger partial charge is 0.251 e. The molecule has 1 rings (SSSR count). The molecule has 22 heavy (non-hydrogen) atoms. The lowest BCUT2D eigenvalue weighted by molar-refractivity contribution is 0.548. The first-order valence-electron chi connectivity index (χ1n) is 9.01. The lowest BCUT2D eigenvalue weighted by atomic mass is 10.1. The summed E-state index contributed by atoms with van der Waals surface area (Å²) in [5.41, 5.74) is -0.0628. The largest absolute Gasteiger partial charge is 0.301 e. The molecule has 4 heteroatoms. The Morgan fingerprint density at radius 1 is 0.909 bits per heavy atom. The Kier molecular flexibility index (Phi) is 12.1. The molecule has 0 fully saturated rings. The lowest BCUT2D eigenvalue weighted by Gasteiger charge is -2.03. The third-order valence-corrected chi connectivity index (χ3v) is 4.86. The molecule has 0 saturated heterocycles. The lowest BCUT2D eigenvalue weighted by Crippen LogP contribution is -2.05. The number of H-pyrrole nitrogens is 1. The first-order valence-corrected chi connectivity index (χ1v) is 9.99. The van der Waals surface area contributed by atoms with E-state index in [0.717, 1.165) is 10.9 Å². The van der Waals surface area contributed by atoms with E-state index in [-0.39, 0.29) is 5.56 Å². The highest BCUT2D eigenvalue weighted by Gasteiger charge is 1.97. The number of hydrogen-bond donors (Lipinski definition) is 1. The molecule has 1 aromatic rings. The number of thioether (sulfide) groups is 1. The van der Waals surface area contributed by atoms with E-state index >= 15 is 0 Å². The van der Waals surface area contributed by atoms with Gasteiger partial charge in [-0.3, -0.25) is 4.79 Å². The highest BCUT2D eigenvalue weighted by molar-refractivity contribution is 7.99. The fourth-order valence-corrected chi connectivity index (χ4v) is 3.39. The molecule has 0 aromatic carbocycles. The molecule has 1 aromatic heterocycles. The molecule has 1 N–H and O–H groups in total. The molecule has 0 aliphatic carbocycles. The number of nitrogens with zero attached hydrogens (tertiary/aromatic N) is 1. The zero-order chi connectivity index (χ0) is 15.9. The van der Waals surface area contributed by atoms with Crippen molar-refractivity contribution in [1.82, 2.24) is 9.97 Å². The monoisotopic (exact) mass is 324 g/mol. The van der Waals surface area contributed by atoms with Crippen molar-refractivity contribution in [3.63, 3.8) is 0 Å². The maximum atomic E-state index is 11.1. The second-order valence-corrected chi connectivity index (χ2v) is 7.06. The predicted octanol–water partition coefficient (Wildman–Crippen LogP) is 5.56. The van der Waals surface area contributed by atoms with Crippen LogP contribution in [0, 0.1) is 0 Å². The molecule has 0 unspecified atom stereocenters. The van der Waals surface area contributed by atoms with Gasteiger partial charge in [-0.2, -0.15) is 0 Å². The number of nitrogens with one attached hydrogen (secondary N) is 1. The van der Waals surface area contributed by atoms with Gasteiger partial charge in [0.1, 0.15) is 0 Å². The topological polar surface area (TPSA) is 45.8 Å². The second-order valence-electron chi connectivity index (χ2n) is 5.98. The minimum atomic E-state index is -0.0628. The zero-order valence-electron chi connectivity index (χ0n) is 14.1. The van der Waals surface area contributed by atoms with Crippen LogP contribution in [0.15, 0.2) is 22.2 Å². The molecule has 0 amide bonds. The van der Waals surface area contributed by atoms with Crippen LogP contribution in [-0.2, 0) is 0 Å². The predicted molar refractivity (Wildman–Crippen MR) is 96.7 cm³/mol. The van der Waals surface area contributed by atoms with Crippen LogP contribution in [0.25, 0.3) is 0 Å². The van der Waals surface area contributed by atoms with E-state index in [4.69, 9.17) is 0 Å². The average Bonchev–Trinajstić information content (AvgIpc) is 2.52. The molecule has 3 nitrogen and oxygen atoms in total. The van der Waals surface area contributed by atoms with Crippen LogP contribution in [0.3, 0.4) is 0 Å². The Balaban J connectivity index is 1.81. The van der Waals surface area contributed by atoms with Gasteiger partial charge in [-0.15, -0.1) is 0 Å². The summed E-state index contributed by atoms with van der Waals surface area (Å²) in [6, 6.07) is 1.45. The first-order chi connectivity index (χ1) is 10.8. The molecule has 0 aliphatic rings. The van der Waals surface area contributed by atoms with Crippen LogP contribution in [0.4, 0.5) is 0 Å². The quantitative estimate of drug-likeness (QED) is 0.277. The van der Waals surface area contributed by atoms with E-state index in [1.807, 2.05) is 0 Å². The van der Waals surface area contributed by atoms with Crippen molar-refractivity contribution >= 4 is 11.8 Å². The van der Waals surface area contributed by atoms with Crippen LogP contribution >= 0.6 is 11.8 Å². The molecule has 126 valence electrons. The highest BCUT2D eigenvalue weighted by Crippen LogP contribution is 2.15. The second kappa shape index (κ2) is 13.9. The summed E-state index contributed by atoms with van der Waals surface area (Å²) >= 11 is 1.65. The van der Waals surface area contributed by atoms with Gasteiger partial charge in [-0.05, 0) is 6.42 Å². The van der Waals surface area contributed by atoms with Crippen molar-refractivity contribution in [3.05, 3.63) is 22.6 Å². The Morgan fingerprint density at radius 2 is 1.45 bits per heavy atom. The number of aromatic amines is 1. The number of aromatic nitrogens is 2. The van der Waals surface area contributed by atoms with Gasteiger partial charge in [-0.1, -0.05) is 89.3 Å². The molecule has 0 saturated carbocycles. The van der Waals surface area contributed by atoms with Crippen LogP contribution in [0.5, 0.6) is 0 Å². The van der Waals surface area contributed by atoms with Gasteiger partial charge in [0.15, 0.2) is 5.16 Å². The van der Waals surface area contributed by atoms with E-state index in [2.05, 4.69) is 16.9 Å². The molecule has 0 spiro atoms. The number of unbranched alkanes of at least 4 members (excludes halogenated alkanes) is 11. The Bertz CT molecular complexity index is 420. The van der Waals surface area contributed by atoms with E-state index in [0.29, 0.717) is 0 Å². The van der Waals surface area contributed by atoms with Crippen LogP contribution in [0.2, 0.25) is 0 Å². The third kappa shape index (κ3) is 10.9. The zero-order valence-corrected chi connectivity index (χ0v) is 14.9. The van der Waals surface area contributed by atoms with Gasteiger partial charge >= 0.3 is 0 Å². The van der Waals surface area contributed by atoms with Gasteiger partial charge in [0, 0.05) is 18.0 Å². The van der Waals surface area contributed by atoms with E-state index in [1.165, 1.54) is 83.1 Å². The summed E-state index contributed by atoms with van der Waals surface area (Å²) < 4.78 is 0. The maximum absolute atomic E-state index is 11.1.